The van der Waals surface area contributed by atoms with Gasteiger partial charge in [0.25, 0.3) is 5.89 Å². The van der Waals surface area contributed by atoms with E-state index in [1.54, 1.807) is 17.0 Å². The van der Waals surface area contributed by atoms with Gasteiger partial charge in [-0.25, -0.2) is 4.39 Å². The van der Waals surface area contributed by atoms with Gasteiger partial charge in [-0.05, 0) is 30.7 Å². The molecule has 0 spiro atoms. The van der Waals surface area contributed by atoms with Crippen LogP contribution in [0.4, 0.5) is 4.39 Å². The number of hydrogen-bond donors (Lipinski definition) is 1. The summed E-state index contributed by atoms with van der Waals surface area (Å²) in [5, 5.41) is 10.9. The first-order chi connectivity index (χ1) is 12.1. The van der Waals surface area contributed by atoms with Crippen LogP contribution in [0.15, 0.2) is 34.9 Å². The quantitative estimate of drug-likeness (QED) is 0.787. The van der Waals surface area contributed by atoms with Gasteiger partial charge in [0.2, 0.25) is 5.91 Å². The Kier molecular flexibility index (Phi) is 3.79. The second-order valence-electron chi connectivity index (χ2n) is 6.20. The second-order valence-corrected chi connectivity index (χ2v) is 6.20. The molecular formula is C17H16FN5O2. The average molecular weight is 341 g/mol. The van der Waals surface area contributed by atoms with Crippen LogP contribution in [0.2, 0.25) is 0 Å². The van der Waals surface area contributed by atoms with Crippen molar-refractivity contribution in [1.29, 1.82) is 0 Å². The van der Waals surface area contributed by atoms with Crippen molar-refractivity contribution in [3.8, 4) is 11.6 Å². The van der Waals surface area contributed by atoms with E-state index < -0.39 is 0 Å². The SMILES string of the molecule is Cc1cc(-c2nc(C3CC(=O)N(Cc4ccc(F)cc4)C3)no2)n[nH]1. The highest BCUT2D eigenvalue weighted by Gasteiger charge is 2.33. The minimum atomic E-state index is -0.290. The third-order valence-electron chi connectivity index (χ3n) is 4.23. The van der Waals surface area contributed by atoms with E-state index in [0.717, 1.165) is 11.3 Å². The lowest BCUT2D eigenvalue weighted by molar-refractivity contribution is -0.128. The number of rotatable bonds is 4. The highest BCUT2D eigenvalue weighted by molar-refractivity contribution is 5.79. The van der Waals surface area contributed by atoms with Crippen molar-refractivity contribution < 1.29 is 13.7 Å². The van der Waals surface area contributed by atoms with Gasteiger partial charge in [-0.15, -0.1) is 0 Å². The number of carbonyl (C=O) groups is 1. The van der Waals surface area contributed by atoms with Crippen LogP contribution in [0.5, 0.6) is 0 Å². The van der Waals surface area contributed by atoms with Gasteiger partial charge in [-0.1, -0.05) is 17.3 Å². The van der Waals surface area contributed by atoms with Crippen molar-refractivity contribution in [2.45, 2.75) is 25.8 Å². The molecule has 0 radical (unpaired) electrons. The summed E-state index contributed by atoms with van der Waals surface area (Å²) in [6.45, 7) is 2.84. The van der Waals surface area contributed by atoms with Gasteiger partial charge < -0.3 is 9.42 Å². The Morgan fingerprint density at radius 2 is 2.16 bits per heavy atom. The molecule has 1 fully saturated rings. The van der Waals surface area contributed by atoms with E-state index in [1.807, 2.05) is 13.0 Å². The molecule has 25 heavy (non-hydrogen) atoms. The summed E-state index contributed by atoms with van der Waals surface area (Å²) in [6.07, 6.45) is 0.333. The van der Waals surface area contributed by atoms with Gasteiger partial charge >= 0.3 is 0 Å². The maximum Gasteiger partial charge on any atom is 0.278 e. The molecule has 128 valence electrons. The Hall–Kier alpha value is -3.03. The van der Waals surface area contributed by atoms with Crippen LogP contribution < -0.4 is 0 Å². The zero-order valence-electron chi connectivity index (χ0n) is 13.6. The fraction of sp³-hybridized carbons (Fsp3) is 0.294. The molecule has 1 amide bonds. The highest BCUT2D eigenvalue weighted by atomic mass is 19.1. The molecule has 2 aromatic heterocycles. The van der Waals surface area contributed by atoms with Gasteiger partial charge in [0, 0.05) is 31.1 Å². The first-order valence-electron chi connectivity index (χ1n) is 7.96. The molecule has 0 saturated carbocycles. The molecule has 1 aliphatic rings. The zero-order valence-corrected chi connectivity index (χ0v) is 13.6. The maximum atomic E-state index is 13.0. The van der Waals surface area contributed by atoms with Crippen LogP contribution >= 0.6 is 0 Å². The molecule has 1 saturated heterocycles. The second kappa shape index (κ2) is 6.12. The average Bonchev–Trinajstić information content (AvgIpc) is 3.30. The van der Waals surface area contributed by atoms with Crippen LogP contribution in [0, 0.1) is 12.7 Å². The number of nitrogens with zero attached hydrogens (tertiary/aromatic N) is 4. The predicted molar refractivity (Wildman–Crippen MR) is 85.8 cm³/mol. The van der Waals surface area contributed by atoms with E-state index in [-0.39, 0.29) is 17.6 Å². The number of aromatic nitrogens is 4. The summed E-state index contributed by atoms with van der Waals surface area (Å²) in [5.41, 5.74) is 2.37. The van der Waals surface area contributed by atoms with Gasteiger partial charge in [-0.3, -0.25) is 9.89 Å². The number of carbonyl (C=O) groups excluding carboxylic acids is 1. The molecular weight excluding hydrogens is 325 g/mol. The molecule has 0 aliphatic carbocycles. The minimum Gasteiger partial charge on any atom is -0.338 e. The third-order valence-corrected chi connectivity index (χ3v) is 4.23. The summed E-state index contributed by atoms with van der Waals surface area (Å²) in [7, 11) is 0. The van der Waals surface area contributed by atoms with Crippen molar-refractivity contribution in [1.82, 2.24) is 25.2 Å². The number of aromatic amines is 1. The number of hydrogen-bond acceptors (Lipinski definition) is 5. The Bertz CT molecular complexity index is 902. The van der Waals surface area contributed by atoms with Crippen molar-refractivity contribution in [2.75, 3.05) is 6.54 Å². The highest BCUT2D eigenvalue weighted by Crippen LogP contribution is 2.29. The number of halogens is 1. The topological polar surface area (TPSA) is 87.9 Å². The van der Waals surface area contributed by atoms with Crippen molar-refractivity contribution >= 4 is 5.91 Å². The van der Waals surface area contributed by atoms with E-state index in [9.17, 15) is 9.18 Å². The van der Waals surface area contributed by atoms with Crippen LogP contribution in [0.25, 0.3) is 11.6 Å². The van der Waals surface area contributed by atoms with Crippen molar-refractivity contribution in [3.05, 3.63) is 53.2 Å². The van der Waals surface area contributed by atoms with Gasteiger partial charge in [-0.2, -0.15) is 10.1 Å². The summed E-state index contributed by atoms with van der Waals surface area (Å²) < 4.78 is 18.3. The Labute approximate surface area is 142 Å². The molecule has 0 bridgehead atoms. The molecule has 1 aromatic carbocycles. The molecule has 8 heteroatoms. The lowest BCUT2D eigenvalue weighted by Gasteiger charge is -2.16. The largest absolute Gasteiger partial charge is 0.338 e. The van der Waals surface area contributed by atoms with E-state index in [4.69, 9.17) is 4.52 Å². The fourth-order valence-electron chi connectivity index (χ4n) is 2.94. The molecule has 1 aliphatic heterocycles. The first kappa shape index (κ1) is 15.5. The van der Waals surface area contributed by atoms with Crippen LogP contribution in [-0.4, -0.2) is 37.7 Å². The number of nitrogens with one attached hydrogen (secondary N) is 1. The normalized spacial score (nSPS) is 17.4. The molecule has 3 aromatic rings. The molecule has 7 nitrogen and oxygen atoms in total. The summed E-state index contributed by atoms with van der Waals surface area (Å²) in [4.78, 5) is 18.4. The molecule has 1 atom stereocenters. The lowest BCUT2D eigenvalue weighted by atomic mass is 10.1. The van der Waals surface area contributed by atoms with Crippen LogP contribution in [0.1, 0.15) is 29.4 Å². The van der Waals surface area contributed by atoms with E-state index in [2.05, 4.69) is 20.3 Å². The van der Waals surface area contributed by atoms with E-state index in [1.165, 1.54) is 12.1 Å². The zero-order chi connectivity index (χ0) is 17.4. The van der Waals surface area contributed by atoms with Crippen LogP contribution in [-0.2, 0) is 11.3 Å². The van der Waals surface area contributed by atoms with Gasteiger partial charge in [0.15, 0.2) is 11.5 Å². The summed E-state index contributed by atoms with van der Waals surface area (Å²) >= 11 is 0. The number of benzene rings is 1. The van der Waals surface area contributed by atoms with E-state index >= 15 is 0 Å². The van der Waals surface area contributed by atoms with Gasteiger partial charge in [0.05, 0.1) is 0 Å². The number of H-pyrrole nitrogens is 1. The number of amides is 1. The standard InChI is InChI=1S/C17H16FN5O2/c1-10-6-14(21-20-10)17-19-16(22-25-17)12-7-15(24)23(9-12)8-11-2-4-13(18)5-3-11/h2-6,12H,7-9H2,1H3,(H,20,21). The Morgan fingerprint density at radius 1 is 1.36 bits per heavy atom. The summed E-state index contributed by atoms with van der Waals surface area (Å²) in [5.74, 6) is 0.457. The monoisotopic (exact) mass is 341 g/mol. The van der Waals surface area contributed by atoms with Gasteiger partial charge in [0.1, 0.15) is 5.82 Å². The molecule has 1 N–H and O–H groups in total. The minimum absolute atomic E-state index is 0.0243. The Morgan fingerprint density at radius 3 is 2.88 bits per heavy atom. The molecule has 3 heterocycles. The smallest absolute Gasteiger partial charge is 0.278 e. The molecule has 1 unspecified atom stereocenters. The Balaban J connectivity index is 1.47. The fourth-order valence-corrected chi connectivity index (χ4v) is 2.94. The van der Waals surface area contributed by atoms with Crippen molar-refractivity contribution in [2.24, 2.45) is 0 Å². The third kappa shape index (κ3) is 3.15. The maximum absolute atomic E-state index is 13.0. The number of likely N-dealkylation sites (tertiary alicyclic amines) is 1. The van der Waals surface area contributed by atoms with E-state index in [0.29, 0.717) is 36.9 Å². The lowest BCUT2D eigenvalue weighted by Crippen LogP contribution is -2.24. The molecule has 4 rings (SSSR count). The first-order valence-corrected chi connectivity index (χ1v) is 7.96. The van der Waals surface area contributed by atoms with Crippen LogP contribution in [0.3, 0.4) is 0 Å². The predicted octanol–water partition coefficient (Wildman–Crippen LogP) is 2.42. The van der Waals surface area contributed by atoms with Crippen molar-refractivity contribution in [3.63, 3.8) is 0 Å². The summed E-state index contributed by atoms with van der Waals surface area (Å²) in [6, 6.07) is 7.97. The number of aryl methyl sites for hydroxylation is 1.